The number of aromatic nitrogens is 3. The number of imidazole rings is 1. The van der Waals surface area contributed by atoms with Gasteiger partial charge in [0.2, 0.25) is 0 Å². The average Bonchev–Trinajstić information content (AvgIpc) is 2.59. The largest absolute Gasteiger partial charge is 0.390 e. The Balaban J connectivity index is 2.54. The molecule has 0 spiro atoms. The number of aliphatic hydroxyl groups excluding tert-OH is 1. The highest BCUT2D eigenvalue weighted by Gasteiger charge is 2.07. The maximum absolute atomic E-state index is 8.91. The van der Waals surface area contributed by atoms with E-state index in [1.54, 1.807) is 6.07 Å². The number of aromatic amines is 1. The topological polar surface area (TPSA) is 61.8 Å². The summed E-state index contributed by atoms with van der Waals surface area (Å²) in [5.74, 6) is 1.30. The fourth-order valence-electron chi connectivity index (χ4n) is 1.31. The van der Waals surface area contributed by atoms with E-state index in [9.17, 15) is 0 Å². The van der Waals surface area contributed by atoms with Gasteiger partial charge in [0.05, 0.1) is 17.8 Å². The first-order valence-corrected chi connectivity index (χ1v) is 4.67. The molecule has 0 radical (unpaired) electrons. The van der Waals surface area contributed by atoms with Crippen LogP contribution in [-0.4, -0.2) is 20.1 Å². The Morgan fingerprint density at radius 1 is 1.36 bits per heavy atom. The molecule has 0 aliphatic carbocycles. The van der Waals surface area contributed by atoms with Crippen LogP contribution in [0.15, 0.2) is 12.1 Å². The molecule has 14 heavy (non-hydrogen) atoms. The minimum absolute atomic E-state index is 0.0419. The first-order chi connectivity index (χ1) is 6.70. The molecule has 0 aromatic carbocycles. The van der Waals surface area contributed by atoms with Crippen molar-refractivity contribution in [2.45, 2.75) is 26.4 Å². The van der Waals surface area contributed by atoms with Crippen molar-refractivity contribution in [2.75, 3.05) is 0 Å². The molecule has 0 atom stereocenters. The fraction of sp³-hybridized carbons (Fsp3) is 0.400. The monoisotopic (exact) mass is 191 g/mol. The molecule has 0 fully saturated rings. The number of fused-ring (bicyclic) bond motifs is 1. The van der Waals surface area contributed by atoms with Crippen LogP contribution >= 0.6 is 0 Å². The SMILES string of the molecule is CC(C)c1nc2nc(CO)ccc2[nH]1. The van der Waals surface area contributed by atoms with Crippen molar-refractivity contribution in [3.8, 4) is 0 Å². The lowest BCUT2D eigenvalue weighted by Crippen LogP contribution is -1.89. The van der Waals surface area contributed by atoms with Gasteiger partial charge >= 0.3 is 0 Å². The molecule has 2 N–H and O–H groups in total. The standard InChI is InChI=1S/C10H13N3O/c1-6(2)9-12-8-4-3-7(5-14)11-10(8)13-9/h3-4,6,14H,5H2,1-2H3,(H,11,12,13). The Morgan fingerprint density at radius 3 is 2.79 bits per heavy atom. The lowest BCUT2D eigenvalue weighted by atomic mass is 10.2. The lowest BCUT2D eigenvalue weighted by molar-refractivity contribution is 0.277. The summed E-state index contributed by atoms with van der Waals surface area (Å²) in [6.07, 6.45) is 0. The van der Waals surface area contributed by atoms with Crippen molar-refractivity contribution in [3.63, 3.8) is 0 Å². The number of H-pyrrole nitrogens is 1. The minimum Gasteiger partial charge on any atom is -0.390 e. The average molecular weight is 191 g/mol. The number of aliphatic hydroxyl groups is 1. The second-order valence-electron chi connectivity index (χ2n) is 3.61. The lowest BCUT2D eigenvalue weighted by Gasteiger charge is -1.95. The zero-order chi connectivity index (χ0) is 10.1. The van der Waals surface area contributed by atoms with E-state index in [4.69, 9.17) is 5.11 Å². The Hall–Kier alpha value is -1.42. The minimum atomic E-state index is -0.0419. The second-order valence-corrected chi connectivity index (χ2v) is 3.61. The van der Waals surface area contributed by atoms with Gasteiger partial charge in [-0.3, -0.25) is 0 Å². The summed E-state index contributed by atoms with van der Waals surface area (Å²) in [7, 11) is 0. The number of nitrogens with one attached hydrogen (secondary N) is 1. The van der Waals surface area contributed by atoms with Gasteiger partial charge in [0.1, 0.15) is 5.82 Å². The molecule has 4 nitrogen and oxygen atoms in total. The normalized spacial score (nSPS) is 11.4. The molecule has 0 saturated heterocycles. The predicted molar refractivity (Wildman–Crippen MR) is 53.9 cm³/mol. The molecule has 0 saturated carbocycles. The van der Waals surface area contributed by atoms with Gasteiger partial charge in [-0.2, -0.15) is 0 Å². The van der Waals surface area contributed by atoms with E-state index < -0.39 is 0 Å². The summed E-state index contributed by atoms with van der Waals surface area (Å²) < 4.78 is 0. The van der Waals surface area contributed by atoms with Gasteiger partial charge in [0.15, 0.2) is 5.65 Å². The molecule has 0 aliphatic rings. The van der Waals surface area contributed by atoms with Gasteiger partial charge in [-0.1, -0.05) is 13.8 Å². The zero-order valence-electron chi connectivity index (χ0n) is 8.28. The molecule has 4 heteroatoms. The summed E-state index contributed by atoms with van der Waals surface area (Å²) in [5, 5.41) is 8.91. The zero-order valence-corrected chi connectivity index (χ0v) is 8.28. The summed E-state index contributed by atoms with van der Waals surface area (Å²) in [5.41, 5.74) is 2.26. The van der Waals surface area contributed by atoms with Crippen LogP contribution in [0.5, 0.6) is 0 Å². The van der Waals surface area contributed by atoms with E-state index in [1.165, 1.54) is 0 Å². The van der Waals surface area contributed by atoms with Crippen LogP contribution in [0.25, 0.3) is 11.2 Å². The highest BCUT2D eigenvalue weighted by Crippen LogP contribution is 2.15. The highest BCUT2D eigenvalue weighted by molar-refractivity contribution is 5.70. The van der Waals surface area contributed by atoms with Crippen LogP contribution in [0, 0.1) is 0 Å². The Morgan fingerprint density at radius 2 is 2.14 bits per heavy atom. The first-order valence-electron chi connectivity index (χ1n) is 4.67. The quantitative estimate of drug-likeness (QED) is 0.757. The summed E-state index contributed by atoms with van der Waals surface area (Å²) >= 11 is 0. The van der Waals surface area contributed by atoms with Gasteiger partial charge in [0.25, 0.3) is 0 Å². The third kappa shape index (κ3) is 1.48. The maximum atomic E-state index is 8.91. The molecular formula is C10H13N3O. The van der Waals surface area contributed by atoms with Crippen molar-refractivity contribution in [1.82, 2.24) is 15.0 Å². The van der Waals surface area contributed by atoms with E-state index >= 15 is 0 Å². The van der Waals surface area contributed by atoms with Crippen LogP contribution in [0.2, 0.25) is 0 Å². The van der Waals surface area contributed by atoms with Gasteiger partial charge in [0, 0.05) is 5.92 Å². The maximum Gasteiger partial charge on any atom is 0.178 e. The molecule has 0 aliphatic heterocycles. The van der Waals surface area contributed by atoms with Crippen LogP contribution in [0.1, 0.15) is 31.3 Å². The summed E-state index contributed by atoms with van der Waals surface area (Å²) in [6, 6.07) is 3.69. The van der Waals surface area contributed by atoms with E-state index in [2.05, 4.69) is 28.8 Å². The molecule has 74 valence electrons. The van der Waals surface area contributed by atoms with E-state index in [-0.39, 0.29) is 6.61 Å². The Bertz CT molecular complexity index is 448. The summed E-state index contributed by atoms with van der Waals surface area (Å²) in [4.78, 5) is 11.7. The van der Waals surface area contributed by atoms with E-state index in [0.717, 1.165) is 11.3 Å². The van der Waals surface area contributed by atoms with Crippen molar-refractivity contribution >= 4 is 11.2 Å². The molecular weight excluding hydrogens is 178 g/mol. The number of rotatable bonds is 2. The van der Waals surface area contributed by atoms with Crippen LogP contribution in [0.4, 0.5) is 0 Å². The van der Waals surface area contributed by atoms with Crippen molar-refractivity contribution < 1.29 is 5.11 Å². The van der Waals surface area contributed by atoms with Gasteiger partial charge in [-0.15, -0.1) is 0 Å². The molecule has 0 unspecified atom stereocenters. The molecule has 0 amide bonds. The molecule has 2 aromatic heterocycles. The molecule has 2 aromatic rings. The summed E-state index contributed by atoms with van der Waals surface area (Å²) in [6.45, 7) is 4.11. The molecule has 0 bridgehead atoms. The van der Waals surface area contributed by atoms with Crippen molar-refractivity contribution in [2.24, 2.45) is 0 Å². The van der Waals surface area contributed by atoms with Gasteiger partial charge in [-0.25, -0.2) is 9.97 Å². The highest BCUT2D eigenvalue weighted by atomic mass is 16.3. The number of hydrogen-bond acceptors (Lipinski definition) is 3. The Kier molecular flexibility index (Phi) is 2.21. The molecule has 2 rings (SSSR count). The predicted octanol–water partition coefficient (Wildman–Crippen LogP) is 1.57. The van der Waals surface area contributed by atoms with Crippen LogP contribution in [0.3, 0.4) is 0 Å². The van der Waals surface area contributed by atoms with Crippen LogP contribution < -0.4 is 0 Å². The molecule has 2 heterocycles. The first kappa shape index (κ1) is 9.15. The third-order valence-electron chi connectivity index (χ3n) is 2.13. The van der Waals surface area contributed by atoms with Crippen molar-refractivity contribution in [1.29, 1.82) is 0 Å². The second kappa shape index (κ2) is 3.38. The van der Waals surface area contributed by atoms with Gasteiger partial charge in [-0.05, 0) is 12.1 Å². The van der Waals surface area contributed by atoms with E-state index in [1.807, 2.05) is 6.07 Å². The number of pyridine rings is 1. The van der Waals surface area contributed by atoms with Crippen molar-refractivity contribution in [3.05, 3.63) is 23.7 Å². The van der Waals surface area contributed by atoms with Gasteiger partial charge < -0.3 is 10.1 Å². The van der Waals surface area contributed by atoms with Crippen LogP contribution in [-0.2, 0) is 6.61 Å². The number of nitrogens with zero attached hydrogens (tertiary/aromatic N) is 2. The third-order valence-corrected chi connectivity index (χ3v) is 2.13. The smallest absolute Gasteiger partial charge is 0.178 e. The van der Waals surface area contributed by atoms with E-state index in [0.29, 0.717) is 17.3 Å². The fourth-order valence-corrected chi connectivity index (χ4v) is 1.31. The Labute approximate surface area is 82.0 Å². The number of hydrogen-bond donors (Lipinski definition) is 2.